The zero-order valence-electron chi connectivity index (χ0n) is 31.0. The summed E-state index contributed by atoms with van der Waals surface area (Å²) in [5.41, 5.74) is 8.94. The van der Waals surface area contributed by atoms with Crippen molar-refractivity contribution >= 4 is 87.6 Å². The second-order valence-corrected chi connectivity index (χ2v) is 12.3. The van der Waals surface area contributed by atoms with Gasteiger partial charge >= 0.3 is 36.3 Å². The van der Waals surface area contributed by atoms with Gasteiger partial charge < -0.3 is 52.8 Å². The van der Waals surface area contributed by atoms with E-state index in [0.29, 0.717) is 57.4 Å². The van der Waals surface area contributed by atoms with E-state index in [1.165, 1.54) is 18.2 Å². The highest BCUT2D eigenvalue weighted by Gasteiger charge is 2.12. The van der Waals surface area contributed by atoms with Gasteiger partial charge in [-0.3, -0.25) is 15.4 Å². The summed E-state index contributed by atoms with van der Waals surface area (Å²) in [5.74, 6) is -0.280. The minimum atomic E-state index is -1.24. The summed E-state index contributed by atoms with van der Waals surface area (Å²) in [6.45, 7) is 0.185. The van der Waals surface area contributed by atoms with Crippen molar-refractivity contribution in [3.8, 4) is 0 Å². The summed E-state index contributed by atoms with van der Waals surface area (Å²) in [7, 11) is 0. The second-order valence-electron chi connectivity index (χ2n) is 12.3. The Bertz CT molecular complexity index is 2340. The van der Waals surface area contributed by atoms with E-state index in [0.717, 1.165) is 0 Å². The van der Waals surface area contributed by atoms with Crippen LogP contribution in [0.15, 0.2) is 121 Å². The summed E-state index contributed by atoms with van der Waals surface area (Å²) >= 11 is 0. The van der Waals surface area contributed by atoms with Crippen LogP contribution < -0.4 is 53.6 Å². The van der Waals surface area contributed by atoms with Gasteiger partial charge in [0.25, 0.3) is 0 Å². The Balaban J connectivity index is 1.01. The van der Waals surface area contributed by atoms with E-state index in [4.69, 9.17) is 15.6 Å². The van der Waals surface area contributed by atoms with Crippen molar-refractivity contribution in [1.82, 2.24) is 5.32 Å². The van der Waals surface area contributed by atoms with Crippen molar-refractivity contribution < 1.29 is 43.4 Å². The largest absolute Gasteiger partial charge is 0.465 e. The minimum Gasteiger partial charge on any atom is -0.465 e. The van der Waals surface area contributed by atoms with E-state index < -0.39 is 36.3 Å². The Kier molecular flexibility index (Phi) is 14.3. The van der Waals surface area contributed by atoms with Crippen molar-refractivity contribution in [2.75, 3.05) is 55.7 Å². The molecule has 19 nitrogen and oxygen atoms in total. The van der Waals surface area contributed by atoms with Gasteiger partial charge in [-0.25, -0.2) is 28.8 Å². The van der Waals surface area contributed by atoms with Crippen LogP contribution in [0, 0.1) is 0 Å². The van der Waals surface area contributed by atoms with Crippen LogP contribution >= 0.6 is 0 Å². The molecule has 0 fully saturated rings. The number of nitrogens with two attached hydrogens (primary N) is 1. The van der Waals surface area contributed by atoms with Gasteiger partial charge in [0.1, 0.15) is 0 Å². The Hall–Kier alpha value is -8.61. The van der Waals surface area contributed by atoms with Crippen LogP contribution in [0.5, 0.6) is 0 Å². The van der Waals surface area contributed by atoms with Gasteiger partial charge in [0.2, 0.25) is 0 Å². The van der Waals surface area contributed by atoms with Crippen molar-refractivity contribution in [1.29, 1.82) is 0 Å². The molecule has 59 heavy (non-hydrogen) atoms. The molecular weight excluding hydrogens is 765 g/mol. The van der Waals surface area contributed by atoms with Crippen molar-refractivity contribution in [3.63, 3.8) is 0 Å². The van der Waals surface area contributed by atoms with E-state index in [9.17, 15) is 33.6 Å². The topological polar surface area (TPSA) is 283 Å². The first-order valence-electron chi connectivity index (χ1n) is 17.6. The average Bonchev–Trinajstić information content (AvgIpc) is 3.18. The van der Waals surface area contributed by atoms with Crippen molar-refractivity contribution in [2.45, 2.75) is 6.42 Å². The Labute approximate surface area is 336 Å². The summed E-state index contributed by atoms with van der Waals surface area (Å²) in [5, 5.41) is 31.9. The molecule has 5 aromatic carbocycles. The molecule has 0 aliphatic rings. The van der Waals surface area contributed by atoms with Crippen LogP contribution in [-0.2, 0) is 4.74 Å². The maximum Gasteiger partial charge on any atom is 0.411 e. The zero-order chi connectivity index (χ0) is 42.1. The van der Waals surface area contributed by atoms with Crippen molar-refractivity contribution in [2.24, 2.45) is 5.73 Å². The Morgan fingerprint density at radius 1 is 0.475 bits per heavy atom. The van der Waals surface area contributed by atoms with E-state index >= 15 is 0 Å². The van der Waals surface area contributed by atoms with Gasteiger partial charge in [0.05, 0.1) is 6.61 Å². The number of benzene rings is 5. The lowest BCUT2D eigenvalue weighted by Gasteiger charge is -2.11. The van der Waals surface area contributed by atoms with Gasteiger partial charge in [-0.15, -0.1) is 0 Å². The lowest BCUT2D eigenvalue weighted by Crippen LogP contribution is -2.30. The first-order valence-corrected chi connectivity index (χ1v) is 17.6. The number of primary amides is 1. The Morgan fingerprint density at radius 2 is 0.864 bits per heavy atom. The molecule has 0 saturated carbocycles. The molecule has 0 radical (unpaired) electrons. The molecule has 5 rings (SSSR count). The maximum absolute atomic E-state index is 13.1. The number of carboxylic acid groups (broad SMARTS) is 1. The number of amides is 10. The van der Waals surface area contributed by atoms with E-state index in [1.807, 2.05) is 0 Å². The highest BCUT2D eigenvalue weighted by atomic mass is 16.5. The quantitative estimate of drug-likeness (QED) is 0.0390. The predicted octanol–water partition coefficient (Wildman–Crippen LogP) is 7.55. The van der Waals surface area contributed by atoms with E-state index in [1.54, 1.807) is 103 Å². The molecule has 10 amide bonds. The summed E-state index contributed by atoms with van der Waals surface area (Å²) in [6.07, 6.45) is -1.68. The highest BCUT2D eigenvalue weighted by molar-refractivity contribution is 6.10. The molecule has 0 atom stereocenters. The van der Waals surface area contributed by atoms with Crippen LogP contribution in [0.3, 0.4) is 0 Å². The van der Waals surface area contributed by atoms with Gasteiger partial charge in [-0.1, -0.05) is 18.2 Å². The lowest BCUT2D eigenvalue weighted by molar-refractivity contribution is 0.103. The molecule has 302 valence electrons. The second kappa shape index (κ2) is 20.3. The van der Waals surface area contributed by atoms with Gasteiger partial charge in [-0.2, -0.15) is 0 Å². The fourth-order valence-corrected chi connectivity index (χ4v) is 5.22. The van der Waals surface area contributed by atoms with Crippen molar-refractivity contribution in [3.05, 3.63) is 132 Å². The number of hydrogen-bond donors (Lipinski definition) is 11. The van der Waals surface area contributed by atoms with Crippen LogP contribution in [0.1, 0.15) is 22.3 Å². The fraction of sp³-hybridized carbons (Fsp3) is 0.0750. The summed E-state index contributed by atoms with van der Waals surface area (Å²) in [4.78, 5) is 84.6. The number of urea groups is 4. The number of hydrogen-bond acceptors (Lipinski definition) is 8. The SMILES string of the molecule is NC(=O)Nc1cccc(NC(=O)Nc2ccc(C(=O)c3ccc(NC(=O)Nc4cccc(NC(=O)NCCCOC(=O)Nc5cccc(NC(=O)O)c5)c4)cc3)cc2)c1. The number of carbonyl (C=O) groups excluding carboxylic acids is 6. The fourth-order valence-electron chi connectivity index (χ4n) is 5.22. The smallest absolute Gasteiger partial charge is 0.411 e. The maximum atomic E-state index is 13.1. The number of anilines is 8. The first kappa shape index (κ1) is 41.6. The molecule has 0 bridgehead atoms. The predicted molar refractivity (Wildman–Crippen MR) is 222 cm³/mol. The van der Waals surface area contributed by atoms with E-state index in [2.05, 4.69) is 47.9 Å². The number of ether oxygens (including phenoxy) is 1. The number of ketones is 1. The molecule has 19 heteroatoms. The molecule has 5 aromatic rings. The lowest BCUT2D eigenvalue weighted by atomic mass is 10.0. The standard InChI is InChI=1S/C40H38N10O9/c41-35(52)43-28-5-1-7-30(21-28)47-37(54)44-26-15-11-24(12-16-26)34(51)25-13-17-27(18-14-25)45-38(55)48-31-8-2-6-29(22-31)46-36(53)42-19-4-20-59-40(58)50-33-10-3-9-32(23-33)49-39(56)57/h1-3,5-18,21-23,49H,4,19-20H2,(H,50,58)(H,56,57)(H3,41,43,52)(H2,42,46,53)(H2,44,47,54)(H2,45,48,55). The van der Waals surface area contributed by atoms with Gasteiger partial charge in [0.15, 0.2) is 5.78 Å². The van der Waals surface area contributed by atoms with Crippen LogP contribution in [0.2, 0.25) is 0 Å². The third-order valence-electron chi connectivity index (χ3n) is 7.78. The first-order chi connectivity index (χ1) is 28.4. The molecule has 0 saturated heterocycles. The molecule has 0 aliphatic heterocycles. The normalized spacial score (nSPS) is 10.2. The number of rotatable bonds is 14. The van der Waals surface area contributed by atoms with Gasteiger partial charge in [-0.05, 0) is 110 Å². The third-order valence-corrected chi connectivity index (χ3v) is 7.78. The third kappa shape index (κ3) is 13.9. The summed E-state index contributed by atoms with van der Waals surface area (Å²) < 4.78 is 5.09. The van der Waals surface area contributed by atoms with Crippen LogP contribution in [0.4, 0.5) is 74.3 Å². The van der Waals surface area contributed by atoms with E-state index in [-0.39, 0.29) is 24.6 Å². The number of carbonyl (C=O) groups is 7. The van der Waals surface area contributed by atoms with Gasteiger partial charge in [0, 0.05) is 63.2 Å². The molecule has 0 aromatic heterocycles. The molecule has 0 heterocycles. The average molecular weight is 803 g/mol. The molecule has 0 spiro atoms. The monoisotopic (exact) mass is 802 g/mol. The molecule has 0 unspecified atom stereocenters. The Morgan fingerprint density at radius 3 is 1.31 bits per heavy atom. The van der Waals surface area contributed by atoms with Crippen LogP contribution in [0.25, 0.3) is 0 Å². The highest BCUT2D eigenvalue weighted by Crippen LogP contribution is 2.20. The summed E-state index contributed by atoms with van der Waals surface area (Å²) in [6, 6.07) is 29.1. The number of nitrogens with one attached hydrogen (secondary N) is 9. The zero-order valence-corrected chi connectivity index (χ0v) is 31.0. The molecular formula is C40H38N10O9. The van der Waals surface area contributed by atoms with Crippen LogP contribution in [-0.4, -0.2) is 60.4 Å². The molecule has 0 aliphatic carbocycles. The molecule has 12 N–H and O–H groups in total. The minimum absolute atomic E-state index is 0.000966.